The number of nitrogens with one attached hydrogen (secondary N) is 1. The standard InChI is InChI=1S/C25H31N3O3S/c1-4-31-24-12-11-19(2)16-25(24)32(29,30)26-17-23(22-10-7-14-27(22)3)28-15-13-20-8-5-6-9-21(20)18-28/h5-12,14,16,23,26H,4,13,15,17-18H2,1-3H3. The molecule has 0 bridgehead atoms. The van der Waals surface area contributed by atoms with Gasteiger partial charge < -0.3 is 9.30 Å². The van der Waals surface area contributed by atoms with Crippen molar-refractivity contribution in [3.8, 4) is 5.75 Å². The van der Waals surface area contributed by atoms with E-state index in [-0.39, 0.29) is 17.5 Å². The molecule has 0 saturated heterocycles. The summed E-state index contributed by atoms with van der Waals surface area (Å²) in [4.78, 5) is 2.55. The number of aromatic nitrogens is 1. The van der Waals surface area contributed by atoms with Gasteiger partial charge in [0.25, 0.3) is 0 Å². The minimum atomic E-state index is -3.74. The van der Waals surface area contributed by atoms with Crippen LogP contribution >= 0.6 is 0 Å². The minimum absolute atomic E-state index is 0.0847. The highest BCUT2D eigenvalue weighted by Gasteiger charge is 2.29. The Bertz CT molecular complexity index is 1190. The van der Waals surface area contributed by atoms with Crippen molar-refractivity contribution in [2.75, 3.05) is 19.7 Å². The number of aryl methyl sites for hydroxylation is 2. The third kappa shape index (κ3) is 4.75. The first-order chi connectivity index (χ1) is 15.4. The van der Waals surface area contributed by atoms with Crippen LogP contribution in [0.15, 0.2) is 65.7 Å². The molecule has 0 aliphatic carbocycles. The Hall–Kier alpha value is -2.61. The summed E-state index contributed by atoms with van der Waals surface area (Å²) in [6, 6.07) is 17.7. The van der Waals surface area contributed by atoms with Crippen molar-refractivity contribution >= 4 is 10.0 Å². The van der Waals surface area contributed by atoms with Crippen molar-refractivity contribution in [2.45, 2.75) is 37.8 Å². The number of sulfonamides is 1. The van der Waals surface area contributed by atoms with Crippen molar-refractivity contribution in [3.05, 3.63) is 83.2 Å². The van der Waals surface area contributed by atoms with Crippen LogP contribution < -0.4 is 9.46 Å². The second kappa shape index (κ2) is 9.48. The molecule has 1 aliphatic heterocycles. The van der Waals surface area contributed by atoms with E-state index in [0.29, 0.717) is 12.4 Å². The predicted octanol–water partition coefficient (Wildman–Crippen LogP) is 3.81. The van der Waals surface area contributed by atoms with Gasteiger partial charge >= 0.3 is 0 Å². The van der Waals surface area contributed by atoms with Crippen LogP contribution in [0.1, 0.15) is 35.3 Å². The van der Waals surface area contributed by atoms with E-state index in [1.54, 1.807) is 12.1 Å². The van der Waals surface area contributed by atoms with Crippen LogP contribution in [0.5, 0.6) is 5.75 Å². The van der Waals surface area contributed by atoms with Crippen molar-refractivity contribution in [3.63, 3.8) is 0 Å². The van der Waals surface area contributed by atoms with E-state index < -0.39 is 10.0 Å². The summed E-state index contributed by atoms with van der Waals surface area (Å²) >= 11 is 0. The van der Waals surface area contributed by atoms with Gasteiger partial charge in [0.2, 0.25) is 10.0 Å². The molecule has 1 aromatic heterocycles. The highest BCUT2D eigenvalue weighted by atomic mass is 32.2. The summed E-state index contributed by atoms with van der Waals surface area (Å²) in [5.74, 6) is 0.382. The maximum absolute atomic E-state index is 13.3. The zero-order chi connectivity index (χ0) is 22.7. The molecule has 32 heavy (non-hydrogen) atoms. The SMILES string of the molecule is CCOc1ccc(C)cc1S(=O)(=O)NCC(c1cccn1C)N1CCc2ccccc2C1. The average molecular weight is 454 g/mol. The molecule has 1 aliphatic rings. The maximum Gasteiger partial charge on any atom is 0.244 e. The molecule has 0 fully saturated rings. The number of benzene rings is 2. The third-order valence-corrected chi connectivity index (χ3v) is 7.53. The summed E-state index contributed by atoms with van der Waals surface area (Å²) < 4.78 is 37.1. The highest BCUT2D eigenvalue weighted by Crippen LogP contribution is 2.29. The molecule has 6 nitrogen and oxygen atoms in total. The monoisotopic (exact) mass is 453 g/mol. The number of hydrogen-bond acceptors (Lipinski definition) is 4. The maximum atomic E-state index is 13.3. The van der Waals surface area contributed by atoms with Crippen molar-refractivity contribution in [1.82, 2.24) is 14.2 Å². The highest BCUT2D eigenvalue weighted by molar-refractivity contribution is 7.89. The molecule has 1 atom stereocenters. The topological polar surface area (TPSA) is 63.6 Å². The van der Waals surface area contributed by atoms with Gasteiger partial charge in [0.15, 0.2) is 0 Å². The smallest absolute Gasteiger partial charge is 0.244 e. The fourth-order valence-corrected chi connectivity index (χ4v) is 5.66. The van der Waals surface area contributed by atoms with Crippen molar-refractivity contribution in [2.24, 2.45) is 7.05 Å². The lowest BCUT2D eigenvalue weighted by atomic mass is 9.98. The Kier molecular flexibility index (Phi) is 6.69. The van der Waals surface area contributed by atoms with Crippen LogP contribution in [0.3, 0.4) is 0 Å². The lowest BCUT2D eigenvalue weighted by molar-refractivity contribution is 0.174. The van der Waals surface area contributed by atoms with Crippen molar-refractivity contribution in [1.29, 1.82) is 0 Å². The molecular weight excluding hydrogens is 422 g/mol. The second-order valence-corrected chi connectivity index (χ2v) is 10.0. The fraction of sp³-hybridized carbons (Fsp3) is 0.360. The lowest BCUT2D eigenvalue weighted by Crippen LogP contribution is -2.41. The van der Waals surface area contributed by atoms with Crippen LogP contribution in [0.2, 0.25) is 0 Å². The first-order valence-corrected chi connectivity index (χ1v) is 12.5. The van der Waals surface area contributed by atoms with Gasteiger partial charge in [0.1, 0.15) is 10.6 Å². The molecule has 2 heterocycles. The average Bonchev–Trinajstić information content (AvgIpc) is 3.20. The normalized spacial score (nSPS) is 15.3. The number of rotatable bonds is 8. The molecule has 1 unspecified atom stereocenters. The summed E-state index contributed by atoms with van der Waals surface area (Å²) in [6.07, 6.45) is 2.96. The predicted molar refractivity (Wildman–Crippen MR) is 126 cm³/mol. The van der Waals surface area contributed by atoms with Gasteiger partial charge in [0.05, 0.1) is 12.6 Å². The quantitative estimate of drug-likeness (QED) is 0.563. The lowest BCUT2D eigenvalue weighted by Gasteiger charge is -2.36. The van der Waals surface area contributed by atoms with Crippen LogP contribution in [-0.2, 0) is 30.0 Å². The number of fused-ring (bicyclic) bond motifs is 1. The molecule has 3 aromatic rings. The van der Waals surface area contributed by atoms with Crippen LogP contribution in [0.4, 0.5) is 0 Å². The van der Waals surface area contributed by atoms with Crippen LogP contribution in [0.25, 0.3) is 0 Å². The Balaban J connectivity index is 1.61. The zero-order valence-corrected chi connectivity index (χ0v) is 19.7. The van der Waals surface area contributed by atoms with Gasteiger partial charge in [-0.05, 0) is 61.2 Å². The first kappa shape index (κ1) is 22.6. The molecule has 7 heteroatoms. The Morgan fingerprint density at radius 2 is 1.88 bits per heavy atom. The number of hydrogen-bond donors (Lipinski definition) is 1. The fourth-order valence-electron chi connectivity index (χ4n) is 4.39. The van der Waals surface area contributed by atoms with Gasteiger partial charge in [-0.3, -0.25) is 4.90 Å². The number of nitrogens with zero attached hydrogens (tertiary/aromatic N) is 2. The summed E-state index contributed by atoms with van der Waals surface area (Å²) in [7, 11) is -1.74. The Morgan fingerprint density at radius 1 is 1.09 bits per heavy atom. The van der Waals surface area contributed by atoms with Gasteiger partial charge in [-0.1, -0.05) is 30.3 Å². The molecule has 2 aromatic carbocycles. The minimum Gasteiger partial charge on any atom is -0.492 e. The molecule has 4 rings (SSSR count). The van der Waals surface area contributed by atoms with E-state index >= 15 is 0 Å². The van der Waals surface area contributed by atoms with Crippen molar-refractivity contribution < 1.29 is 13.2 Å². The molecule has 0 saturated carbocycles. The molecular formula is C25H31N3O3S. The Labute approximate surface area is 190 Å². The van der Waals surface area contributed by atoms with Crippen LogP contribution in [0, 0.1) is 6.92 Å². The van der Waals surface area contributed by atoms with E-state index in [9.17, 15) is 8.42 Å². The first-order valence-electron chi connectivity index (χ1n) is 11.0. The van der Waals surface area contributed by atoms with Gasteiger partial charge in [-0.2, -0.15) is 0 Å². The molecule has 0 amide bonds. The van der Waals surface area contributed by atoms with E-state index in [1.165, 1.54) is 11.1 Å². The summed E-state index contributed by atoms with van der Waals surface area (Å²) in [6.45, 7) is 6.09. The largest absolute Gasteiger partial charge is 0.492 e. The van der Waals surface area contributed by atoms with Gasteiger partial charge in [0, 0.05) is 38.6 Å². The van der Waals surface area contributed by atoms with E-state index in [2.05, 4.69) is 44.5 Å². The summed E-state index contributed by atoms with van der Waals surface area (Å²) in [5, 5.41) is 0. The summed E-state index contributed by atoms with van der Waals surface area (Å²) in [5.41, 5.74) is 4.64. The van der Waals surface area contributed by atoms with Gasteiger partial charge in [-0.25, -0.2) is 13.1 Å². The molecule has 170 valence electrons. The second-order valence-electron chi connectivity index (χ2n) is 8.28. The van der Waals surface area contributed by atoms with E-state index in [4.69, 9.17) is 4.74 Å². The van der Waals surface area contributed by atoms with Crippen LogP contribution in [-0.4, -0.2) is 37.6 Å². The zero-order valence-electron chi connectivity index (χ0n) is 18.9. The molecule has 0 spiro atoms. The number of ether oxygens (including phenoxy) is 1. The van der Waals surface area contributed by atoms with Gasteiger partial charge in [-0.15, -0.1) is 0 Å². The Morgan fingerprint density at radius 3 is 2.59 bits per heavy atom. The molecule has 0 radical (unpaired) electrons. The van der Waals surface area contributed by atoms with E-state index in [0.717, 1.165) is 30.8 Å². The van der Waals surface area contributed by atoms with E-state index in [1.807, 2.05) is 39.2 Å². The molecule has 1 N–H and O–H groups in total. The third-order valence-electron chi connectivity index (χ3n) is 6.08.